The van der Waals surface area contributed by atoms with Crippen LogP contribution in [-0.4, -0.2) is 44.1 Å². The number of nitrogens with zero attached hydrogens (tertiary/aromatic N) is 5. The summed E-state index contributed by atoms with van der Waals surface area (Å²) in [6, 6.07) is 6.45. The monoisotopic (exact) mass is 639 g/mol. The predicted molar refractivity (Wildman–Crippen MR) is 147 cm³/mol. The fourth-order valence-corrected chi connectivity index (χ4v) is 6.67. The number of pyridine rings is 1. The van der Waals surface area contributed by atoms with Crippen LogP contribution in [0.1, 0.15) is 47.5 Å². The van der Waals surface area contributed by atoms with Crippen molar-refractivity contribution in [3.05, 3.63) is 87.1 Å². The fourth-order valence-electron chi connectivity index (χ4n) is 4.56. The van der Waals surface area contributed by atoms with Crippen molar-refractivity contribution in [1.29, 1.82) is 0 Å². The van der Waals surface area contributed by atoms with E-state index in [-0.39, 0.29) is 24.5 Å². The molecule has 0 aliphatic carbocycles. The SMILES string of the molecule is O=C(Cn1cc(Br)cc([N+](=O)[O-])c1=O)N1CCC(c2nc(C3=NOC(c4c(Cl)cccc4Cl)C3)cs2)CC1. The van der Waals surface area contributed by atoms with Crippen LogP contribution >= 0.6 is 50.5 Å². The molecule has 0 saturated carbocycles. The van der Waals surface area contributed by atoms with E-state index in [0.29, 0.717) is 52.4 Å². The molecule has 38 heavy (non-hydrogen) atoms. The molecule has 1 saturated heterocycles. The number of benzene rings is 1. The molecule has 2 aromatic heterocycles. The number of oxime groups is 1. The third-order valence-electron chi connectivity index (χ3n) is 6.54. The molecule has 0 bridgehead atoms. The number of rotatable bonds is 6. The quantitative estimate of drug-likeness (QED) is 0.257. The van der Waals surface area contributed by atoms with Gasteiger partial charge in [-0.2, -0.15) is 0 Å². The van der Waals surface area contributed by atoms with E-state index in [1.807, 2.05) is 5.38 Å². The van der Waals surface area contributed by atoms with E-state index < -0.39 is 16.2 Å². The van der Waals surface area contributed by atoms with Crippen LogP contribution in [0.3, 0.4) is 0 Å². The van der Waals surface area contributed by atoms with E-state index in [1.54, 1.807) is 34.4 Å². The average molecular weight is 641 g/mol. The number of nitro groups is 1. The highest BCUT2D eigenvalue weighted by Gasteiger charge is 2.31. The Bertz CT molecular complexity index is 1480. The van der Waals surface area contributed by atoms with Crippen molar-refractivity contribution in [2.75, 3.05) is 13.1 Å². The first kappa shape index (κ1) is 26.8. The Labute approximate surface area is 239 Å². The molecule has 14 heteroatoms. The first-order valence-corrected chi connectivity index (χ1v) is 14.1. The highest BCUT2D eigenvalue weighted by atomic mass is 79.9. The van der Waals surface area contributed by atoms with Gasteiger partial charge in [0.05, 0.1) is 15.6 Å². The number of carbonyl (C=O) groups is 1. The largest absolute Gasteiger partial charge is 0.387 e. The molecular weight excluding hydrogens is 621 g/mol. The van der Waals surface area contributed by atoms with E-state index in [9.17, 15) is 19.7 Å². The minimum absolute atomic E-state index is 0.184. The average Bonchev–Trinajstić information content (AvgIpc) is 3.56. The lowest BCUT2D eigenvalue weighted by atomic mass is 9.97. The van der Waals surface area contributed by atoms with Crippen LogP contribution in [0.25, 0.3) is 0 Å². The van der Waals surface area contributed by atoms with Gasteiger partial charge in [-0.25, -0.2) is 4.98 Å². The first-order chi connectivity index (χ1) is 18.2. The second kappa shape index (κ2) is 11.1. The Hall–Kier alpha value is -2.80. The number of hydrogen-bond donors (Lipinski definition) is 0. The molecule has 2 aliphatic rings. The number of halogens is 3. The predicted octanol–water partition coefficient (Wildman–Crippen LogP) is 5.55. The molecule has 1 unspecified atom stereocenters. The third kappa shape index (κ3) is 5.49. The maximum Gasteiger partial charge on any atom is 0.335 e. The Balaban J connectivity index is 1.19. The van der Waals surface area contributed by atoms with Gasteiger partial charge in [0.1, 0.15) is 12.3 Å². The van der Waals surface area contributed by atoms with Crippen molar-refractivity contribution in [1.82, 2.24) is 14.5 Å². The van der Waals surface area contributed by atoms with Crippen molar-refractivity contribution in [3.63, 3.8) is 0 Å². The van der Waals surface area contributed by atoms with E-state index in [2.05, 4.69) is 21.1 Å². The van der Waals surface area contributed by atoms with Crippen LogP contribution in [0.4, 0.5) is 5.69 Å². The van der Waals surface area contributed by atoms with Crippen LogP contribution in [0.5, 0.6) is 0 Å². The lowest BCUT2D eigenvalue weighted by Gasteiger charge is -2.31. The second-order valence-corrected chi connectivity index (χ2v) is 11.6. The topological polar surface area (TPSA) is 120 Å². The zero-order chi connectivity index (χ0) is 27.0. The molecule has 0 spiro atoms. The number of thiazole rings is 1. The molecule has 1 atom stereocenters. The van der Waals surface area contributed by atoms with E-state index in [0.717, 1.165) is 27.0 Å². The van der Waals surface area contributed by atoms with Crippen LogP contribution in [0.15, 0.2) is 50.3 Å². The van der Waals surface area contributed by atoms with Gasteiger partial charge < -0.3 is 9.74 Å². The summed E-state index contributed by atoms with van der Waals surface area (Å²) in [6.45, 7) is 0.739. The summed E-state index contributed by atoms with van der Waals surface area (Å²) in [5, 5.41) is 19.3. The number of aromatic nitrogens is 2. The molecule has 2 aliphatic heterocycles. The summed E-state index contributed by atoms with van der Waals surface area (Å²) >= 11 is 17.3. The molecule has 5 rings (SSSR count). The molecule has 10 nitrogen and oxygen atoms in total. The molecule has 1 amide bonds. The molecule has 4 heterocycles. The van der Waals surface area contributed by atoms with Gasteiger partial charge in [-0.05, 0) is 40.9 Å². The van der Waals surface area contributed by atoms with Gasteiger partial charge >= 0.3 is 11.2 Å². The van der Waals surface area contributed by atoms with Crippen molar-refractivity contribution in [2.24, 2.45) is 5.16 Å². The lowest BCUT2D eigenvalue weighted by Crippen LogP contribution is -2.41. The van der Waals surface area contributed by atoms with E-state index in [1.165, 1.54) is 6.20 Å². The van der Waals surface area contributed by atoms with Gasteiger partial charge in [-0.15, -0.1) is 11.3 Å². The normalized spacial score (nSPS) is 17.8. The summed E-state index contributed by atoms with van der Waals surface area (Å²) in [7, 11) is 0. The van der Waals surface area contributed by atoms with Crippen LogP contribution in [-0.2, 0) is 16.2 Å². The van der Waals surface area contributed by atoms with Gasteiger partial charge in [0.15, 0.2) is 6.10 Å². The Morgan fingerprint density at radius 2 is 1.97 bits per heavy atom. The Kier molecular flexibility index (Phi) is 7.85. The Morgan fingerprint density at radius 1 is 1.26 bits per heavy atom. The van der Waals surface area contributed by atoms with Gasteiger partial charge in [0, 0.05) is 63.2 Å². The summed E-state index contributed by atoms with van der Waals surface area (Å²) in [5.74, 6) is -0.0799. The Morgan fingerprint density at radius 3 is 2.66 bits per heavy atom. The van der Waals surface area contributed by atoms with Crippen molar-refractivity contribution in [2.45, 2.75) is 37.8 Å². The minimum atomic E-state index is -0.811. The minimum Gasteiger partial charge on any atom is -0.387 e. The van der Waals surface area contributed by atoms with Gasteiger partial charge in [0.25, 0.3) is 0 Å². The fraction of sp³-hybridized carbons (Fsp3) is 0.333. The molecule has 198 valence electrons. The van der Waals surface area contributed by atoms with Crippen LogP contribution in [0.2, 0.25) is 10.0 Å². The number of likely N-dealkylation sites (tertiary alicyclic amines) is 1. The first-order valence-electron chi connectivity index (χ1n) is 11.7. The maximum atomic E-state index is 12.8. The summed E-state index contributed by atoms with van der Waals surface area (Å²) in [5.41, 5.74) is 0.805. The number of hydrogen-bond acceptors (Lipinski definition) is 8. The molecule has 1 aromatic carbocycles. The van der Waals surface area contributed by atoms with Gasteiger partial charge in [-0.3, -0.25) is 24.3 Å². The highest BCUT2D eigenvalue weighted by Crippen LogP contribution is 2.39. The van der Waals surface area contributed by atoms with E-state index >= 15 is 0 Å². The third-order valence-corrected chi connectivity index (χ3v) is 8.64. The van der Waals surface area contributed by atoms with E-state index in [4.69, 9.17) is 33.0 Å². The zero-order valence-corrected chi connectivity index (χ0v) is 23.6. The van der Waals surface area contributed by atoms with Crippen molar-refractivity contribution >= 4 is 67.8 Å². The smallest absolute Gasteiger partial charge is 0.335 e. The summed E-state index contributed by atoms with van der Waals surface area (Å²) < 4.78 is 1.42. The lowest BCUT2D eigenvalue weighted by molar-refractivity contribution is -0.386. The van der Waals surface area contributed by atoms with Crippen LogP contribution < -0.4 is 5.56 Å². The summed E-state index contributed by atoms with van der Waals surface area (Å²) in [6.07, 6.45) is 2.95. The van der Waals surface area contributed by atoms with Gasteiger partial charge in [-0.1, -0.05) is 34.4 Å². The van der Waals surface area contributed by atoms with Crippen molar-refractivity contribution < 1.29 is 14.6 Å². The maximum absolute atomic E-state index is 12.8. The molecule has 3 aromatic rings. The second-order valence-electron chi connectivity index (χ2n) is 8.93. The molecule has 1 fully saturated rings. The zero-order valence-electron chi connectivity index (χ0n) is 19.7. The highest BCUT2D eigenvalue weighted by molar-refractivity contribution is 9.10. The number of piperidine rings is 1. The number of carbonyl (C=O) groups excluding carboxylic acids is 1. The molecule has 0 N–H and O–H groups in total. The van der Waals surface area contributed by atoms with Crippen molar-refractivity contribution in [3.8, 4) is 0 Å². The molecular formula is C24H20BrCl2N5O5S. The number of amides is 1. The van der Waals surface area contributed by atoms with Crippen LogP contribution in [0, 0.1) is 10.1 Å². The summed E-state index contributed by atoms with van der Waals surface area (Å²) in [4.78, 5) is 47.7. The standard InChI is InChI=1S/C24H20BrCl2N5O5S/c25-14-8-19(32(35)36)24(34)31(10-14)11-21(33)30-6-4-13(5-7-30)23-28-18(12-38-23)17-9-20(37-29-17)22-15(26)2-1-3-16(22)27/h1-3,8,10,12-13,20H,4-7,9,11H2. The molecule has 0 radical (unpaired) electrons. The van der Waals surface area contributed by atoms with Gasteiger partial charge in [0.2, 0.25) is 5.91 Å².